The highest BCUT2D eigenvalue weighted by atomic mass is 16.5. The molecule has 0 fully saturated rings. The van der Waals surface area contributed by atoms with Crippen LogP contribution in [0.15, 0.2) is 6.07 Å². The lowest BCUT2D eigenvalue weighted by Crippen LogP contribution is -2.15. The molecular weight excluding hydrogens is 214 g/mol. The van der Waals surface area contributed by atoms with Crippen LogP contribution in [0.5, 0.6) is 0 Å². The Labute approximate surface area is 103 Å². The molecule has 0 unspecified atom stereocenters. The molecule has 0 bridgehead atoms. The summed E-state index contributed by atoms with van der Waals surface area (Å²) in [6.45, 7) is 9.10. The van der Waals surface area contributed by atoms with Gasteiger partial charge in [-0.1, -0.05) is 0 Å². The van der Waals surface area contributed by atoms with Crippen molar-refractivity contribution in [2.24, 2.45) is 0 Å². The van der Waals surface area contributed by atoms with Crippen molar-refractivity contribution >= 4 is 5.82 Å². The molecule has 1 aromatic rings. The van der Waals surface area contributed by atoms with Gasteiger partial charge in [-0.15, -0.1) is 0 Å². The summed E-state index contributed by atoms with van der Waals surface area (Å²) >= 11 is 0. The highest BCUT2D eigenvalue weighted by Gasteiger charge is 2.07. The third-order valence-corrected chi connectivity index (χ3v) is 2.30. The van der Waals surface area contributed by atoms with Gasteiger partial charge in [-0.25, -0.2) is 4.98 Å². The van der Waals surface area contributed by atoms with Gasteiger partial charge in [-0.05, 0) is 39.3 Å². The number of ether oxygens (including phenoxy) is 1. The van der Waals surface area contributed by atoms with E-state index in [1.54, 1.807) is 0 Å². The zero-order chi connectivity index (χ0) is 12.8. The third-order valence-electron chi connectivity index (χ3n) is 2.30. The van der Waals surface area contributed by atoms with E-state index in [4.69, 9.17) is 10.00 Å². The summed E-state index contributed by atoms with van der Waals surface area (Å²) in [6.07, 6.45) is 0.222. The first-order valence-corrected chi connectivity index (χ1v) is 5.78. The maximum Gasteiger partial charge on any atom is 0.144 e. The minimum atomic E-state index is 0.222. The third kappa shape index (κ3) is 4.04. The predicted octanol–water partition coefficient (Wildman–Crippen LogP) is 2.41. The Morgan fingerprint density at radius 2 is 2.18 bits per heavy atom. The first-order valence-electron chi connectivity index (χ1n) is 5.78. The number of nitrogens with zero attached hydrogens (tertiary/aromatic N) is 2. The van der Waals surface area contributed by atoms with Gasteiger partial charge in [-0.2, -0.15) is 5.26 Å². The number of hydrogen-bond acceptors (Lipinski definition) is 4. The fourth-order valence-electron chi connectivity index (χ4n) is 1.57. The molecule has 1 N–H and O–H groups in total. The number of hydrogen-bond donors (Lipinski definition) is 1. The normalized spacial score (nSPS) is 10.4. The van der Waals surface area contributed by atoms with Crippen molar-refractivity contribution in [3.05, 3.63) is 22.9 Å². The SMILES string of the molecule is Cc1cc(C)c(C#N)c(NCCOC(C)C)n1. The second-order valence-corrected chi connectivity index (χ2v) is 4.26. The molecule has 0 amide bonds. The summed E-state index contributed by atoms with van der Waals surface area (Å²) in [4.78, 5) is 4.33. The Kier molecular flexibility index (Phi) is 4.92. The fraction of sp³-hybridized carbons (Fsp3) is 0.538. The van der Waals surface area contributed by atoms with Gasteiger partial charge in [0.05, 0.1) is 18.3 Å². The molecule has 0 saturated carbocycles. The van der Waals surface area contributed by atoms with E-state index >= 15 is 0 Å². The molecule has 1 rings (SSSR count). The van der Waals surface area contributed by atoms with E-state index < -0.39 is 0 Å². The Hall–Kier alpha value is -1.60. The lowest BCUT2D eigenvalue weighted by molar-refractivity contribution is 0.0870. The zero-order valence-electron chi connectivity index (χ0n) is 10.9. The van der Waals surface area contributed by atoms with E-state index in [2.05, 4.69) is 16.4 Å². The second-order valence-electron chi connectivity index (χ2n) is 4.26. The van der Waals surface area contributed by atoms with E-state index in [1.165, 1.54) is 0 Å². The number of nitrogens with one attached hydrogen (secondary N) is 1. The van der Waals surface area contributed by atoms with Crippen molar-refractivity contribution in [2.45, 2.75) is 33.8 Å². The smallest absolute Gasteiger partial charge is 0.144 e. The first-order chi connectivity index (χ1) is 8.04. The maximum absolute atomic E-state index is 9.07. The molecule has 17 heavy (non-hydrogen) atoms. The molecule has 1 heterocycles. The summed E-state index contributed by atoms with van der Waals surface area (Å²) in [5.41, 5.74) is 2.47. The van der Waals surface area contributed by atoms with Gasteiger partial charge in [0.1, 0.15) is 11.9 Å². The second kappa shape index (κ2) is 6.21. The van der Waals surface area contributed by atoms with Crippen molar-refractivity contribution in [2.75, 3.05) is 18.5 Å². The molecule has 4 heteroatoms. The quantitative estimate of drug-likeness (QED) is 0.793. The number of nitriles is 1. The minimum absolute atomic E-state index is 0.222. The number of anilines is 1. The molecule has 0 saturated heterocycles. The van der Waals surface area contributed by atoms with E-state index in [0.717, 1.165) is 11.3 Å². The van der Waals surface area contributed by atoms with Crippen molar-refractivity contribution in [3.63, 3.8) is 0 Å². The van der Waals surface area contributed by atoms with Gasteiger partial charge < -0.3 is 10.1 Å². The fourth-order valence-corrected chi connectivity index (χ4v) is 1.57. The molecule has 0 atom stereocenters. The minimum Gasteiger partial charge on any atom is -0.377 e. The molecule has 0 aliphatic heterocycles. The van der Waals surface area contributed by atoms with Gasteiger partial charge in [0.2, 0.25) is 0 Å². The van der Waals surface area contributed by atoms with Crippen LogP contribution in [0, 0.1) is 25.2 Å². The standard InChI is InChI=1S/C13H19N3O/c1-9(2)17-6-5-15-13-12(8-14)10(3)7-11(4)16-13/h7,9H,5-6H2,1-4H3,(H,15,16). The Bertz CT molecular complexity index is 421. The maximum atomic E-state index is 9.07. The van der Waals surface area contributed by atoms with Crippen LogP contribution >= 0.6 is 0 Å². The van der Waals surface area contributed by atoms with E-state index in [0.29, 0.717) is 24.5 Å². The van der Waals surface area contributed by atoms with Crippen LogP contribution in [0.25, 0.3) is 0 Å². The van der Waals surface area contributed by atoms with Gasteiger partial charge >= 0.3 is 0 Å². The van der Waals surface area contributed by atoms with Gasteiger partial charge in [0, 0.05) is 12.2 Å². The lowest BCUT2D eigenvalue weighted by atomic mass is 10.1. The molecule has 92 valence electrons. The van der Waals surface area contributed by atoms with Crippen LogP contribution in [0.1, 0.15) is 30.7 Å². The molecule has 0 aliphatic rings. The molecule has 0 aliphatic carbocycles. The van der Waals surface area contributed by atoms with Crippen LogP contribution in [0.4, 0.5) is 5.82 Å². The van der Waals surface area contributed by atoms with Crippen LogP contribution < -0.4 is 5.32 Å². The largest absolute Gasteiger partial charge is 0.377 e. The van der Waals surface area contributed by atoms with Crippen LogP contribution in [0.3, 0.4) is 0 Å². The lowest BCUT2D eigenvalue weighted by Gasteiger charge is -2.11. The number of rotatable bonds is 5. The van der Waals surface area contributed by atoms with Crippen molar-refractivity contribution in [1.29, 1.82) is 5.26 Å². The van der Waals surface area contributed by atoms with Crippen molar-refractivity contribution in [1.82, 2.24) is 4.98 Å². The predicted molar refractivity (Wildman–Crippen MR) is 68.0 cm³/mol. The van der Waals surface area contributed by atoms with Crippen LogP contribution in [-0.2, 0) is 4.74 Å². The van der Waals surface area contributed by atoms with Crippen molar-refractivity contribution in [3.8, 4) is 6.07 Å². The molecule has 0 spiro atoms. The molecule has 1 aromatic heterocycles. The monoisotopic (exact) mass is 233 g/mol. The van der Waals surface area contributed by atoms with E-state index in [-0.39, 0.29) is 6.10 Å². The average molecular weight is 233 g/mol. The van der Waals surface area contributed by atoms with E-state index in [1.807, 2.05) is 33.8 Å². The average Bonchev–Trinajstić information content (AvgIpc) is 2.23. The summed E-state index contributed by atoms with van der Waals surface area (Å²) in [5.74, 6) is 0.650. The molecule has 4 nitrogen and oxygen atoms in total. The zero-order valence-corrected chi connectivity index (χ0v) is 10.9. The van der Waals surface area contributed by atoms with Crippen LogP contribution in [-0.4, -0.2) is 24.2 Å². The Morgan fingerprint density at radius 3 is 2.76 bits per heavy atom. The van der Waals surface area contributed by atoms with Crippen molar-refractivity contribution < 1.29 is 4.74 Å². The highest BCUT2D eigenvalue weighted by molar-refractivity contribution is 5.56. The number of pyridine rings is 1. The Balaban J connectivity index is 2.67. The van der Waals surface area contributed by atoms with Gasteiger partial charge in [0.15, 0.2) is 0 Å². The summed E-state index contributed by atoms with van der Waals surface area (Å²) in [7, 11) is 0. The molecular formula is C13H19N3O. The van der Waals surface area contributed by atoms with Gasteiger partial charge in [-0.3, -0.25) is 0 Å². The topological polar surface area (TPSA) is 57.9 Å². The highest BCUT2D eigenvalue weighted by Crippen LogP contribution is 2.17. The Morgan fingerprint density at radius 1 is 1.47 bits per heavy atom. The van der Waals surface area contributed by atoms with Gasteiger partial charge in [0.25, 0.3) is 0 Å². The number of aromatic nitrogens is 1. The van der Waals surface area contributed by atoms with E-state index in [9.17, 15) is 0 Å². The molecule has 0 radical (unpaired) electrons. The summed E-state index contributed by atoms with van der Waals surface area (Å²) in [6, 6.07) is 4.09. The van der Waals surface area contributed by atoms with Crippen LogP contribution in [0.2, 0.25) is 0 Å². The summed E-state index contributed by atoms with van der Waals surface area (Å²) < 4.78 is 5.42. The summed E-state index contributed by atoms with van der Waals surface area (Å²) in [5, 5.41) is 12.2. The molecule has 0 aromatic carbocycles. The first kappa shape index (κ1) is 13.5. The number of aryl methyl sites for hydroxylation is 2.